The van der Waals surface area contributed by atoms with Gasteiger partial charge in [-0.3, -0.25) is 19.8 Å². The molecule has 69 heavy (non-hydrogen) atoms. The molecule has 5 heterocycles. The van der Waals surface area contributed by atoms with Gasteiger partial charge in [-0.25, -0.2) is 22.9 Å². The number of hydrogen-bond donors (Lipinski definition) is 4. The first-order chi connectivity index (χ1) is 33.1. The lowest BCUT2D eigenvalue weighted by Gasteiger charge is -2.39. The zero-order chi connectivity index (χ0) is 48.5. The molecule has 364 valence electrons. The van der Waals surface area contributed by atoms with Crippen molar-refractivity contribution < 1.29 is 37.1 Å². The molecule has 9 rings (SSSR count). The molecule has 3 aliphatic heterocycles. The average Bonchev–Trinajstić information content (AvgIpc) is 3.81. The van der Waals surface area contributed by atoms with Crippen LogP contribution in [-0.2, 0) is 14.8 Å². The number of ether oxygens (including phenoxy) is 3. The van der Waals surface area contributed by atoms with Crippen LogP contribution in [0.15, 0.2) is 89.6 Å². The SMILES string of the molecule is COC(=O)NC1CCN(C[C@@H]2COc3cc(S(=O)(=O)NC(=O)c4ccc(N5CCN(CC6=C(c7ccc(Cl)cc7)CC(C)(C)CC6)CC5)cc4Oc4cnc5[nH]ccc5c4)cc([N+](=O)[O-])c3N2)CC1. The molecule has 2 fully saturated rings. The van der Waals surface area contributed by atoms with Gasteiger partial charge >= 0.3 is 6.09 Å². The summed E-state index contributed by atoms with van der Waals surface area (Å²) in [4.78, 5) is 51.3. The van der Waals surface area contributed by atoms with Crippen LogP contribution in [0.2, 0.25) is 5.02 Å². The lowest BCUT2D eigenvalue weighted by atomic mass is 9.72. The second-order valence-corrected chi connectivity index (χ2v) is 21.1. The summed E-state index contributed by atoms with van der Waals surface area (Å²) in [6.07, 6.45) is 7.34. The molecular formula is C49H56ClN9O9S. The molecule has 5 aromatic rings. The third-order valence-corrected chi connectivity index (χ3v) is 15.1. The first-order valence-electron chi connectivity index (χ1n) is 23.1. The number of amides is 2. The van der Waals surface area contributed by atoms with Crippen LogP contribution < -0.4 is 29.7 Å². The maximum absolute atomic E-state index is 14.1. The van der Waals surface area contributed by atoms with Gasteiger partial charge in [-0.05, 0) is 85.1 Å². The van der Waals surface area contributed by atoms with E-state index in [2.05, 4.69) is 66.0 Å². The highest BCUT2D eigenvalue weighted by Gasteiger charge is 2.34. The third-order valence-electron chi connectivity index (χ3n) is 13.5. The first kappa shape index (κ1) is 47.6. The van der Waals surface area contributed by atoms with E-state index in [0.29, 0.717) is 57.0 Å². The number of piperazine rings is 1. The molecule has 1 aliphatic carbocycles. The molecule has 2 saturated heterocycles. The largest absolute Gasteiger partial charge is 0.489 e. The number of H-pyrrole nitrogens is 1. The maximum atomic E-state index is 14.1. The van der Waals surface area contributed by atoms with Crippen molar-refractivity contribution in [2.24, 2.45) is 5.41 Å². The highest BCUT2D eigenvalue weighted by Crippen LogP contribution is 2.44. The zero-order valence-corrected chi connectivity index (χ0v) is 40.3. The second-order valence-electron chi connectivity index (χ2n) is 18.9. The number of piperidine rings is 1. The molecule has 3 aromatic carbocycles. The highest BCUT2D eigenvalue weighted by molar-refractivity contribution is 7.90. The first-order valence-corrected chi connectivity index (χ1v) is 25.0. The number of halogens is 1. The number of nitro groups is 1. The van der Waals surface area contributed by atoms with Gasteiger partial charge in [0.1, 0.15) is 23.8 Å². The van der Waals surface area contributed by atoms with Crippen LogP contribution in [0.4, 0.5) is 21.9 Å². The van der Waals surface area contributed by atoms with Crippen LogP contribution in [-0.4, -0.2) is 123 Å². The number of anilines is 2. The minimum Gasteiger partial charge on any atom is -0.489 e. The number of hydrogen-bond acceptors (Lipinski definition) is 14. The minimum atomic E-state index is -4.70. The van der Waals surface area contributed by atoms with Crippen molar-refractivity contribution in [2.45, 2.75) is 62.9 Å². The van der Waals surface area contributed by atoms with Crippen molar-refractivity contribution in [3.8, 4) is 17.2 Å². The Balaban J connectivity index is 0.908. The van der Waals surface area contributed by atoms with Crippen LogP contribution in [0.5, 0.6) is 17.2 Å². The molecule has 0 radical (unpaired) electrons. The second kappa shape index (κ2) is 19.9. The summed E-state index contributed by atoms with van der Waals surface area (Å²) in [5, 5.41) is 19.9. The standard InChI is InChI=1S/C49H56ClN9O9S/c1-49(2)14-10-33(41(26-49)31-4-6-34(50)7-5-31)28-57-18-20-58(21-19-57)37-8-9-40(43(23-37)68-38-22-32-11-15-51-46(32)52-27-38)47(60)55-69(64,65)39-24-42(59(62)63)45-44(25-39)67-30-36(53-45)29-56-16-12-35(13-17-56)54-48(61)66-3/h4-9,11,15,22-25,27,35-36,53H,10,12-14,16-21,26,28-30H2,1-3H3,(H,51,52)(H,54,61)(H,55,60)/t36-/m1/s1. The molecule has 1 atom stereocenters. The van der Waals surface area contributed by atoms with E-state index in [9.17, 15) is 28.1 Å². The number of methoxy groups -OCH3 is 1. The van der Waals surface area contributed by atoms with Gasteiger partial charge in [0, 0.05) is 98.9 Å². The minimum absolute atomic E-state index is 0.0196. The number of rotatable bonds is 13. The van der Waals surface area contributed by atoms with Crippen LogP contribution in [0, 0.1) is 15.5 Å². The number of carbonyl (C=O) groups excluding carboxylic acids is 2. The van der Waals surface area contributed by atoms with Gasteiger partial charge in [0.2, 0.25) is 0 Å². The average molecular weight is 983 g/mol. The molecule has 0 unspecified atom stereocenters. The predicted molar refractivity (Wildman–Crippen MR) is 263 cm³/mol. The number of pyridine rings is 1. The summed E-state index contributed by atoms with van der Waals surface area (Å²) >= 11 is 6.25. The fourth-order valence-corrected chi connectivity index (χ4v) is 10.8. The number of aromatic amines is 1. The fraction of sp³-hybridized carbons (Fsp3) is 0.408. The number of carbonyl (C=O) groups is 2. The molecule has 4 aliphatic rings. The molecule has 20 heteroatoms. The summed E-state index contributed by atoms with van der Waals surface area (Å²) in [5.41, 5.74) is 5.16. The molecule has 4 N–H and O–H groups in total. The number of nitro benzene ring substituents is 1. The van der Waals surface area contributed by atoms with Gasteiger partial charge in [-0.15, -0.1) is 0 Å². The van der Waals surface area contributed by atoms with E-state index in [0.717, 1.165) is 61.1 Å². The maximum Gasteiger partial charge on any atom is 0.407 e. The van der Waals surface area contributed by atoms with Gasteiger partial charge < -0.3 is 39.6 Å². The van der Waals surface area contributed by atoms with Crippen LogP contribution >= 0.6 is 11.6 Å². The van der Waals surface area contributed by atoms with E-state index in [-0.39, 0.29) is 46.9 Å². The Morgan fingerprint density at radius 1 is 1.00 bits per heavy atom. The molecule has 0 saturated carbocycles. The summed E-state index contributed by atoms with van der Waals surface area (Å²) in [5.74, 6) is -0.602. The van der Waals surface area contributed by atoms with Crippen molar-refractivity contribution in [1.29, 1.82) is 0 Å². The molecule has 0 spiro atoms. The highest BCUT2D eigenvalue weighted by atomic mass is 35.5. The lowest BCUT2D eigenvalue weighted by molar-refractivity contribution is -0.384. The van der Waals surface area contributed by atoms with Crippen molar-refractivity contribution in [1.82, 2.24) is 29.8 Å². The summed E-state index contributed by atoms with van der Waals surface area (Å²) in [7, 11) is -3.38. The van der Waals surface area contributed by atoms with Gasteiger partial charge in [0.05, 0.1) is 34.7 Å². The zero-order valence-electron chi connectivity index (χ0n) is 38.8. The molecular weight excluding hydrogens is 926 g/mol. The lowest BCUT2D eigenvalue weighted by Crippen LogP contribution is -2.49. The number of fused-ring (bicyclic) bond motifs is 2. The molecule has 2 amide bonds. The quantitative estimate of drug-likeness (QED) is 0.0655. The summed E-state index contributed by atoms with van der Waals surface area (Å²) in [6, 6.07) is 18.5. The number of allylic oxidation sites excluding steroid dienone is 1. The van der Waals surface area contributed by atoms with Gasteiger partial charge in [0.25, 0.3) is 21.6 Å². The Hall–Kier alpha value is -6.41. The van der Waals surface area contributed by atoms with Crippen LogP contribution in [0.25, 0.3) is 16.6 Å². The Labute approximate surface area is 405 Å². The number of alkyl carbamates (subject to hydrolysis) is 1. The Morgan fingerprint density at radius 2 is 1.77 bits per heavy atom. The Morgan fingerprint density at radius 3 is 2.51 bits per heavy atom. The molecule has 2 aromatic heterocycles. The number of sulfonamides is 1. The van der Waals surface area contributed by atoms with Crippen molar-refractivity contribution in [3.05, 3.63) is 111 Å². The predicted octanol–water partition coefficient (Wildman–Crippen LogP) is 7.81. The van der Waals surface area contributed by atoms with Gasteiger partial charge in [-0.1, -0.05) is 43.2 Å². The van der Waals surface area contributed by atoms with E-state index in [4.69, 9.17) is 25.8 Å². The summed E-state index contributed by atoms with van der Waals surface area (Å²) in [6.45, 7) is 10.5. The molecule has 18 nitrogen and oxygen atoms in total. The topological polar surface area (TPSA) is 214 Å². The number of aromatic nitrogens is 2. The van der Waals surface area contributed by atoms with Gasteiger partial charge in [-0.2, -0.15) is 0 Å². The van der Waals surface area contributed by atoms with E-state index in [1.54, 1.807) is 24.4 Å². The number of nitrogens with one attached hydrogen (secondary N) is 4. The Bertz CT molecular complexity index is 2890. The van der Waals surface area contributed by atoms with Crippen molar-refractivity contribution >= 4 is 67.3 Å². The fourth-order valence-electron chi connectivity index (χ4n) is 9.68. The number of likely N-dealkylation sites (tertiary alicyclic amines) is 1. The van der Waals surface area contributed by atoms with E-state index in [1.807, 2.05) is 18.2 Å². The van der Waals surface area contributed by atoms with E-state index < -0.39 is 37.5 Å². The Kier molecular flexibility index (Phi) is 13.7. The number of nitrogens with zero attached hydrogens (tertiary/aromatic N) is 5. The normalized spacial score (nSPS) is 19.0. The summed E-state index contributed by atoms with van der Waals surface area (Å²) < 4.78 is 47.1. The molecule has 0 bridgehead atoms. The smallest absolute Gasteiger partial charge is 0.407 e. The van der Waals surface area contributed by atoms with E-state index >= 15 is 0 Å². The van der Waals surface area contributed by atoms with Crippen LogP contribution in [0.1, 0.15) is 61.9 Å². The van der Waals surface area contributed by atoms with Crippen LogP contribution in [0.3, 0.4) is 0 Å². The number of benzene rings is 3. The van der Waals surface area contributed by atoms with Crippen molar-refractivity contribution in [2.75, 3.05) is 76.3 Å². The van der Waals surface area contributed by atoms with Gasteiger partial charge in [0.15, 0.2) is 11.4 Å². The van der Waals surface area contributed by atoms with E-state index in [1.165, 1.54) is 42.1 Å². The third kappa shape index (κ3) is 11.1. The monoisotopic (exact) mass is 981 g/mol. The van der Waals surface area contributed by atoms with Crippen molar-refractivity contribution in [3.63, 3.8) is 0 Å².